The molecule has 1 aromatic rings. The Bertz CT molecular complexity index is 518. The van der Waals surface area contributed by atoms with Crippen molar-refractivity contribution in [3.05, 3.63) is 18.3 Å². The lowest BCUT2D eigenvalue weighted by Crippen LogP contribution is -2.30. The average molecular weight is 275 g/mol. The number of nitrogen functional groups attached to an aromatic ring is 1. The van der Waals surface area contributed by atoms with Crippen LogP contribution in [-0.2, 0) is 14.8 Å². The van der Waals surface area contributed by atoms with Crippen LogP contribution in [0.3, 0.4) is 0 Å². The maximum atomic E-state index is 11.8. The van der Waals surface area contributed by atoms with E-state index in [0.717, 1.165) is 0 Å². The maximum Gasteiger partial charge on any atom is 0.404 e. The predicted molar refractivity (Wildman–Crippen MR) is 62.8 cm³/mol. The molecule has 6 N–H and O–H groups in total. The molecule has 1 heterocycles. The third-order valence-electron chi connectivity index (χ3n) is 1.82. The van der Waals surface area contributed by atoms with E-state index >= 15 is 0 Å². The van der Waals surface area contributed by atoms with Gasteiger partial charge in [-0.3, -0.25) is 5.84 Å². The van der Waals surface area contributed by atoms with Gasteiger partial charge in [-0.1, -0.05) is 0 Å². The SMILES string of the molecule is NNc1cccnc1S(=O)(=O)NCCOC(N)=O. The molecule has 1 rings (SSSR count). The zero-order chi connectivity index (χ0) is 13.6. The van der Waals surface area contributed by atoms with Crippen LogP contribution < -0.4 is 21.7 Å². The molecule has 0 aliphatic carbocycles. The Labute approximate surface area is 104 Å². The molecule has 0 spiro atoms. The highest BCUT2D eigenvalue weighted by atomic mass is 32.2. The van der Waals surface area contributed by atoms with Crippen molar-refractivity contribution in [1.82, 2.24) is 9.71 Å². The van der Waals surface area contributed by atoms with Gasteiger partial charge in [-0.15, -0.1) is 0 Å². The molecule has 0 saturated heterocycles. The Kier molecular flexibility index (Phi) is 4.83. The first-order valence-corrected chi connectivity index (χ1v) is 6.29. The van der Waals surface area contributed by atoms with Crippen molar-refractivity contribution in [1.29, 1.82) is 0 Å². The first-order chi connectivity index (χ1) is 8.47. The minimum Gasteiger partial charge on any atom is -0.448 e. The number of pyridine rings is 1. The maximum absolute atomic E-state index is 11.8. The first kappa shape index (κ1) is 14.2. The molecule has 10 heteroatoms. The number of amides is 1. The number of nitrogens with one attached hydrogen (secondary N) is 2. The van der Waals surface area contributed by atoms with Crippen molar-refractivity contribution in [2.45, 2.75) is 5.03 Å². The number of hydrazine groups is 1. The minimum absolute atomic E-state index is 0.119. The zero-order valence-electron chi connectivity index (χ0n) is 9.29. The summed E-state index contributed by atoms with van der Waals surface area (Å²) < 4.78 is 30.2. The Morgan fingerprint density at radius 2 is 2.22 bits per heavy atom. The van der Waals surface area contributed by atoms with Crippen molar-refractivity contribution in [3.8, 4) is 0 Å². The van der Waals surface area contributed by atoms with Gasteiger partial charge in [-0.2, -0.15) is 0 Å². The Morgan fingerprint density at radius 1 is 1.50 bits per heavy atom. The summed E-state index contributed by atoms with van der Waals surface area (Å²) in [5, 5.41) is -0.244. The molecule has 0 bridgehead atoms. The Balaban J connectivity index is 2.71. The minimum atomic E-state index is -3.84. The van der Waals surface area contributed by atoms with Crippen LogP contribution >= 0.6 is 0 Å². The molecule has 18 heavy (non-hydrogen) atoms. The first-order valence-electron chi connectivity index (χ1n) is 4.81. The summed E-state index contributed by atoms with van der Waals surface area (Å²) in [4.78, 5) is 14.0. The molecule has 0 fully saturated rings. The normalized spacial score (nSPS) is 10.9. The van der Waals surface area contributed by atoms with Crippen LogP contribution in [-0.4, -0.2) is 32.6 Å². The summed E-state index contributed by atoms with van der Waals surface area (Å²) in [5.41, 5.74) is 7.10. The van der Waals surface area contributed by atoms with E-state index in [4.69, 9.17) is 11.6 Å². The van der Waals surface area contributed by atoms with Gasteiger partial charge in [0.15, 0.2) is 5.03 Å². The van der Waals surface area contributed by atoms with Crippen molar-refractivity contribution in [3.63, 3.8) is 0 Å². The van der Waals surface area contributed by atoms with Gasteiger partial charge in [0, 0.05) is 12.7 Å². The third-order valence-corrected chi connectivity index (χ3v) is 3.24. The van der Waals surface area contributed by atoms with E-state index in [0.29, 0.717) is 0 Å². The highest BCUT2D eigenvalue weighted by Crippen LogP contribution is 2.15. The molecule has 0 aliphatic heterocycles. The average Bonchev–Trinajstić information content (AvgIpc) is 2.34. The monoisotopic (exact) mass is 275 g/mol. The number of hydrogen-bond acceptors (Lipinski definition) is 7. The van der Waals surface area contributed by atoms with Crippen LogP contribution in [0.2, 0.25) is 0 Å². The van der Waals surface area contributed by atoms with Crippen LogP contribution in [0.15, 0.2) is 23.4 Å². The van der Waals surface area contributed by atoms with Gasteiger partial charge in [-0.25, -0.2) is 22.9 Å². The van der Waals surface area contributed by atoms with Gasteiger partial charge >= 0.3 is 6.09 Å². The summed E-state index contributed by atoms with van der Waals surface area (Å²) in [6, 6.07) is 2.99. The number of sulfonamides is 1. The predicted octanol–water partition coefficient (Wildman–Crippen LogP) is -1.26. The molecule has 100 valence electrons. The Morgan fingerprint density at radius 3 is 2.83 bits per heavy atom. The van der Waals surface area contributed by atoms with Crippen LogP contribution in [0.5, 0.6) is 0 Å². The van der Waals surface area contributed by atoms with Crippen LogP contribution in [0.25, 0.3) is 0 Å². The highest BCUT2D eigenvalue weighted by molar-refractivity contribution is 7.89. The molecule has 0 aliphatic rings. The van der Waals surface area contributed by atoms with Gasteiger partial charge in [0.25, 0.3) is 10.0 Å². The molecule has 1 aromatic heterocycles. The van der Waals surface area contributed by atoms with Crippen molar-refractivity contribution < 1.29 is 17.9 Å². The standard InChI is InChI=1S/C8H13N5O4S/c9-8(14)17-5-4-12-18(15,16)7-6(13-10)2-1-3-11-7/h1-3,12-13H,4-5,10H2,(H2,9,14). The van der Waals surface area contributed by atoms with E-state index in [2.05, 4.69) is 19.9 Å². The molecule has 0 atom stereocenters. The van der Waals surface area contributed by atoms with E-state index in [1.807, 2.05) is 0 Å². The van der Waals surface area contributed by atoms with Crippen LogP contribution in [0.4, 0.5) is 10.5 Å². The van der Waals surface area contributed by atoms with E-state index in [9.17, 15) is 13.2 Å². The number of aromatic nitrogens is 1. The summed E-state index contributed by atoms with van der Waals surface area (Å²) in [7, 11) is -3.84. The molecule has 0 aromatic carbocycles. The van der Waals surface area contributed by atoms with Crippen molar-refractivity contribution >= 4 is 21.8 Å². The molecule has 1 amide bonds. The number of carbonyl (C=O) groups is 1. The Hall–Kier alpha value is -1.91. The van der Waals surface area contributed by atoms with E-state index in [-0.39, 0.29) is 23.9 Å². The third kappa shape index (κ3) is 3.84. The van der Waals surface area contributed by atoms with Crippen LogP contribution in [0, 0.1) is 0 Å². The van der Waals surface area contributed by atoms with E-state index < -0.39 is 16.1 Å². The summed E-state index contributed by atoms with van der Waals surface area (Å²) in [5.74, 6) is 5.17. The molecule has 0 saturated carbocycles. The quantitative estimate of drug-likeness (QED) is 0.287. The topological polar surface area (TPSA) is 149 Å². The highest BCUT2D eigenvalue weighted by Gasteiger charge is 2.19. The lowest BCUT2D eigenvalue weighted by molar-refractivity contribution is 0.159. The van der Waals surface area contributed by atoms with E-state index in [1.165, 1.54) is 18.3 Å². The van der Waals surface area contributed by atoms with Crippen molar-refractivity contribution in [2.75, 3.05) is 18.6 Å². The fourth-order valence-electron chi connectivity index (χ4n) is 1.11. The molecular weight excluding hydrogens is 262 g/mol. The number of primary amides is 1. The number of nitrogens with zero attached hydrogens (tertiary/aromatic N) is 1. The van der Waals surface area contributed by atoms with E-state index in [1.54, 1.807) is 0 Å². The number of carbonyl (C=O) groups excluding carboxylic acids is 1. The number of rotatable bonds is 6. The lowest BCUT2D eigenvalue weighted by atomic mass is 10.4. The van der Waals surface area contributed by atoms with Gasteiger partial charge in [0.05, 0.1) is 5.69 Å². The zero-order valence-corrected chi connectivity index (χ0v) is 10.1. The molecule has 0 unspecified atom stereocenters. The van der Waals surface area contributed by atoms with Crippen LogP contribution in [0.1, 0.15) is 0 Å². The second-order valence-corrected chi connectivity index (χ2v) is 4.75. The molecular formula is C8H13N5O4S. The van der Waals surface area contributed by atoms with Gasteiger partial charge in [-0.05, 0) is 12.1 Å². The second kappa shape index (κ2) is 6.14. The molecule has 0 radical (unpaired) electrons. The number of nitrogens with two attached hydrogens (primary N) is 2. The largest absolute Gasteiger partial charge is 0.448 e. The van der Waals surface area contributed by atoms with Crippen molar-refractivity contribution in [2.24, 2.45) is 11.6 Å². The van der Waals surface area contributed by atoms with Gasteiger partial charge < -0.3 is 15.9 Å². The smallest absolute Gasteiger partial charge is 0.404 e. The number of anilines is 1. The fourth-order valence-corrected chi connectivity index (χ4v) is 2.22. The van der Waals surface area contributed by atoms with Gasteiger partial charge in [0.1, 0.15) is 6.61 Å². The fraction of sp³-hybridized carbons (Fsp3) is 0.250. The summed E-state index contributed by atoms with van der Waals surface area (Å²) in [6.07, 6.45) is 0.339. The summed E-state index contributed by atoms with van der Waals surface area (Å²) >= 11 is 0. The number of hydrogen-bond donors (Lipinski definition) is 4. The summed E-state index contributed by atoms with van der Waals surface area (Å²) in [6.45, 7) is -0.293. The number of ether oxygens (including phenoxy) is 1. The second-order valence-electron chi connectivity index (χ2n) is 3.07. The molecule has 9 nitrogen and oxygen atoms in total. The lowest BCUT2D eigenvalue weighted by Gasteiger charge is -2.09. The van der Waals surface area contributed by atoms with Gasteiger partial charge in [0.2, 0.25) is 0 Å².